The fourth-order valence-corrected chi connectivity index (χ4v) is 3.98. The number of nitrogens with one attached hydrogen (secondary N) is 1. The lowest BCUT2D eigenvalue weighted by molar-refractivity contribution is -0.123. The number of amides is 1. The van der Waals surface area contributed by atoms with Crippen molar-refractivity contribution in [3.8, 4) is 5.75 Å². The van der Waals surface area contributed by atoms with E-state index < -0.39 is 10.0 Å². The molecule has 0 aromatic heterocycles. The molecule has 3 aromatic rings. The Morgan fingerprint density at radius 2 is 1.58 bits per heavy atom. The predicted octanol–water partition coefficient (Wildman–Crippen LogP) is 3.34. The van der Waals surface area contributed by atoms with Crippen molar-refractivity contribution < 1.29 is 22.3 Å². The van der Waals surface area contributed by atoms with E-state index >= 15 is 0 Å². The number of benzene rings is 3. The standard InChI is InChI=1S/C23H23FN2O4S/c1-26(16-19-5-3-2-4-6-19)31(28,29)22-13-11-21(12-14-22)30-17-23(27)25-15-18-7-9-20(24)10-8-18/h2-14H,15-17H2,1H3,(H,25,27). The summed E-state index contributed by atoms with van der Waals surface area (Å²) in [6.45, 7) is 0.296. The van der Waals surface area contributed by atoms with Crippen molar-refractivity contribution in [2.45, 2.75) is 18.0 Å². The third-order valence-electron chi connectivity index (χ3n) is 4.55. The van der Waals surface area contributed by atoms with Gasteiger partial charge >= 0.3 is 0 Å². The first kappa shape index (κ1) is 22.5. The smallest absolute Gasteiger partial charge is 0.258 e. The monoisotopic (exact) mass is 442 g/mol. The van der Waals surface area contributed by atoms with Gasteiger partial charge in [0, 0.05) is 20.1 Å². The highest BCUT2D eigenvalue weighted by atomic mass is 32.2. The first-order chi connectivity index (χ1) is 14.8. The summed E-state index contributed by atoms with van der Waals surface area (Å²) in [6.07, 6.45) is 0. The number of nitrogens with zero attached hydrogens (tertiary/aromatic N) is 1. The molecule has 162 valence electrons. The summed E-state index contributed by atoms with van der Waals surface area (Å²) in [5, 5.41) is 2.67. The van der Waals surface area contributed by atoms with Crippen molar-refractivity contribution >= 4 is 15.9 Å². The van der Waals surface area contributed by atoms with Gasteiger partial charge in [0.05, 0.1) is 4.90 Å². The van der Waals surface area contributed by atoms with E-state index in [-0.39, 0.29) is 36.3 Å². The van der Waals surface area contributed by atoms with Crippen molar-refractivity contribution in [3.05, 3.63) is 95.8 Å². The molecule has 3 aromatic carbocycles. The summed E-state index contributed by atoms with van der Waals surface area (Å²) in [6, 6.07) is 21.1. The Bertz CT molecular complexity index is 1100. The lowest BCUT2D eigenvalue weighted by Crippen LogP contribution is -2.28. The van der Waals surface area contributed by atoms with Crippen LogP contribution in [0.1, 0.15) is 11.1 Å². The third-order valence-corrected chi connectivity index (χ3v) is 6.37. The van der Waals surface area contributed by atoms with E-state index in [0.717, 1.165) is 11.1 Å². The van der Waals surface area contributed by atoms with E-state index in [4.69, 9.17) is 4.74 Å². The van der Waals surface area contributed by atoms with Gasteiger partial charge < -0.3 is 10.1 Å². The van der Waals surface area contributed by atoms with Crippen LogP contribution in [0.5, 0.6) is 5.75 Å². The molecule has 1 N–H and O–H groups in total. The normalized spacial score (nSPS) is 11.3. The topological polar surface area (TPSA) is 75.7 Å². The molecule has 0 heterocycles. The molecule has 1 amide bonds. The molecular formula is C23H23FN2O4S. The summed E-state index contributed by atoms with van der Waals surface area (Å²) in [7, 11) is -2.13. The Morgan fingerprint density at radius 3 is 2.23 bits per heavy atom. The van der Waals surface area contributed by atoms with Crippen LogP contribution in [0, 0.1) is 5.82 Å². The van der Waals surface area contributed by atoms with E-state index in [1.165, 1.54) is 47.8 Å². The number of halogens is 1. The molecule has 0 bridgehead atoms. The molecular weight excluding hydrogens is 419 g/mol. The van der Waals surface area contributed by atoms with Crippen molar-refractivity contribution in [1.82, 2.24) is 9.62 Å². The number of sulfonamides is 1. The second-order valence-corrected chi connectivity index (χ2v) is 8.95. The number of hydrogen-bond donors (Lipinski definition) is 1. The van der Waals surface area contributed by atoms with Crippen molar-refractivity contribution in [3.63, 3.8) is 0 Å². The SMILES string of the molecule is CN(Cc1ccccc1)S(=O)(=O)c1ccc(OCC(=O)NCc2ccc(F)cc2)cc1. The van der Waals surface area contributed by atoms with E-state index in [1.54, 1.807) is 12.1 Å². The van der Waals surface area contributed by atoms with E-state index in [1.807, 2.05) is 30.3 Å². The van der Waals surface area contributed by atoms with Crippen molar-refractivity contribution in [2.75, 3.05) is 13.7 Å². The second-order valence-electron chi connectivity index (χ2n) is 6.91. The quantitative estimate of drug-likeness (QED) is 0.552. The summed E-state index contributed by atoms with van der Waals surface area (Å²) < 4.78 is 45.1. The van der Waals surface area contributed by atoms with Crippen LogP contribution < -0.4 is 10.1 Å². The second kappa shape index (κ2) is 10.2. The van der Waals surface area contributed by atoms with Gasteiger partial charge in [-0.25, -0.2) is 12.8 Å². The number of carbonyl (C=O) groups is 1. The third kappa shape index (κ3) is 6.37. The van der Waals surface area contributed by atoms with Gasteiger partial charge in [-0.3, -0.25) is 4.79 Å². The molecule has 8 heteroatoms. The highest BCUT2D eigenvalue weighted by Crippen LogP contribution is 2.20. The Kier molecular flexibility index (Phi) is 7.38. The van der Waals surface area contributed by atoms with E-state index in [2.05, 4.69) is 5.32 Å². The van der Waals surface area contributed by atoms with Gasteiger partial charge in [0.2, 0.25) is 10.0 Å². The largest absolute Gasteiger partial charge is 0.484 e. The zero-order valence-electron chi connectivity index (χ0n) is 17.0. The molecule has 6 nitrogen and oxygen atoms in total. The van der Waals surface area contributed by atoms with Gasteiger partial charge in [-0.05, 0) is 47.5 Å². The summed E-state index contributed by atoms with van der Waals surface area (Å²) >= 11 is 0. The van der Waals surface area contributed by atoms with Gasteiger partial charge in [0.25, 0.3) is 5.91 Å². The molecule has 0 saturated heterocycles. The number of carbonyl (C=O) groups excluding carboxylic acids is 1. The Hall–Kier alpha value is -3.23. The molecule has 0 spiro atoms. The van der Waals surface area contributed by atoms with Crippen LogP contribution in [0.3, 0.4) is 0 Å². The highest BCUT2D eigenvalue weighted by molar-refractivity contribution is 7.89. The molecule has 31 heavy (non-hydrogen) atoms. The van der Waals surface area contributed by atoms with Gasteiger partial charge in [-0.2, -0.15) is 4.31 Å². The van der Waals surface area contributed by atoms with Gasteiger partial charge in [-0.1, -0.05) is 42.5 Å². The van der Waals surface area contributed by atoms with Crippen LogP contribution in [0.4, 0.5) is 4.39 Å². The molecule has 0 atom stereocenters. The summed E-state index contributed by atoms with van der Waals surface area (Å²) in [5.74, 6) is -0.305. The maximum absolute atomic E-state index is 12.9. The molecule has 0 unspecified atom stereocenters. The van der Waals surface area contributed by atoms with Crippen molar-refractivity contribution in [1.29, 1.82) is 0 Å². The van der Waals surface area contributed by atoms with E-state index in [9.17, 15) is 17.6 Å². The number of rotatable bonds is 9. The van der Waals surface area contributed by atoms with Gasteiger partial charge in [0.15, 0.2) is 6.61 Å². The number of hydrogen-bond acceptors (Lipinski definition) is 4. The lowest BCUT2D eigenvalue weighted by Gasteiger charge is -2.17. The fraction of sp³-hybridized carbons (Fsp3) is 0.174. The minimum Gasteiger partial charge on any atom is -0.484 e. The fourth-order valence-electron chi connectivity index (χ4n) is 2.82. The minimum absolute atomic E-state index is 0.138. The summed E-state index contributed by atoms with van der Waals surface area (Å²) in [5.41, 5.74) is 1.66. The molecule has 0 radical (unpaired) electrons. The predicted molar refractivity (Wildman–Crippen MR) is 115 cm³/mol. The summed E-state index contributed by atoms with van der Waals surface area (Å²) in [4.78, 5) is 12.1. The molecule has 0 saturated carbocycles. The van der Waals surface area contributed by atoms with Crippen LogP contribution in [-0.2, 0) is 27.9 Å². The molecule has 0 fully saturated rings. The average Bonchev–Trinajstić information content (AvgIpc) is 2.78. The van der Waals surface area contributed by atoms with Crippen LogP contribution in [0.15, 0.2) is 83.8 Å². The first-order valence-corrected chi connectivity index (χ1v) is 11.0. The van der Waals surface area contributed by atoms with Crippen LogP contribution in [0.25, 0.3) is 0 Å². The van der Waals surface area contributed by atoms with Crippen molar-refractivity contribution in [2.24, 2.45) is 0 Å². The molecule has 3 rings (SSSR count). The van der Waals surface area contributed by atoms with Crippen LogP contribution in [0.2, 0.25) is 0 Å². The van der Waals surface area contributed by atoms with Gasteiger partial charge in [-0.15, -0.1) is 0 Å². The Balaban J connectivity index is 1.52. The first-order valence-electron chi connectivity index (χ1n) is 9.59. The molecule has 0 aliphatic carbocycles. The Labute approximate surface area is 181 Å². The Morgan fingerprint density at radius 1 is 0.935 bits per heavy atom. The maximum atomic E-state index is 12.9. The highest BCUT2D eigenvalue weighted by Gasteiger charge is 2.21. The average molecular weight is 443 g/mol. The zero-order chi connectivity index (χ0) is 22.3. The van der Waals surface area contributed by atoms with Gasteiger partial charge in [0.1, 0.15) is 11.6 Å². The molecule has 0 aliphatic rings. The minimum atomic E-state index is -3.66. The zero-order valence-corrected chi connectivity index (χ0v) is 17.8. The lowest BCUT2D eigenvalue weighted by atomic mass is 10.2. The maximum Gasteiger partial charge on any atom is 0.258 e. The number of ether oxygens (including phenoxy) is 1. The van der Waals surface area contributed by atoms with Crippen LogP contribution >= 0.6 is 0 Å². The van der Waals surface area contributed by atoms with E-state index in [0.29, 0.717) is 5.75 Å². The molecule has 0 aliphatic heterocycles. The van der Waals surface area contributed by atoms with Crippen LogP contribution in [-0.4, -0.2) is 32.3 Å².